The molecule has 0 spiro atoms. The lowest BCUT2D eigenvalue weighted by Crippen LogP contribution is -2.25. The predicted octanol–water partition coefficient (Wildman–Crippen LogP) is 1.11. The van der Waals surface area contributed by atoms with E-state index >= 15 is 0 Å². The Morgan fingerprint density at radius 1 is 1.39 bits per heavy atom. The van der Waals surface area contributed by atoms with Crippen molar-refractivity contribution in [3.05, 3.63) is 11.7 Å². The van der Waals surface area contributed by atoms with E-state index in [9.17, 15) is 8.42 Å². The number of nitrogens with zero attached hydrogens (tertiary/aromatic N) is 2. The van der Waals surface area contributed by atoms with E-state index in [0.29, 0.717) is 18.4 Å². The molecule has 0 aliphatic heterocycles. The summed E-state index contributed by atoms with van der Waals surface area (Å²) in [7, 11) is -3.18. The molecule has 2 atom stereocenters. The summed E-state index contributed by atoms with van der Waals surface area (Å²) in [5.41, 5.74) is 0. The van der Waals surface area contributed by atoms with Crippen molar-refractivity contribution < 1.29 is 12.9 Å². The first-order valence-electron chi connectivity index (χ1n) is 6.09. The summed E-state index contributed by atoms with van der Waals surface area (Å²) in [5.74, 6) is 0.730. The van der Waals surface area contributed by atoms with E-state index in [1.54, 1.807) is 6.92 Å². The van der Waals surface area contributed by atoms with Crippen molar-refractivity contribution in [1.82, 2.24) is 15.5 Å². The van der Waals surface area contributed by atoms with Gasteiger partial charge in [-0.3, -0.25) is 0 Å². The predicted molar refractivity (Wildman–Crippen MR) is 69.0 cm³/mol. The number of rotatable bonds is 7. The number of aromatic nitrogens is 2. The Hall–Kier alpha value is -0.950. The maximum atomic E-state index is 11.4. The van der Waals surface area contributed by atoms with Crippen LogP contribution in [0.4, 0.5) is 0 Å². The highest BCUT2D eigenvalue weighted by atomic mass is 32.2. The van der Waals surface area contributed by atoms with Gasteiger partial charge in [0.2, 0.25) is 5.89 Å². The van der Waals surface area contributed by atoms with Crippen LogP contribution in [0.15, 0.2) is 4.52 Å². The van der Waals surface area contributed by atoms with Gasteiger partial charge in [0.1, 0.15) is 5.25 Å². The molecule has 18 heavy (non-hydrogen) atoms. The molecule has 7 heteroatoms. The normalized spacial score (nSPS) is 15.6. The zero-order valence-electron chi connectivity index (χ0n) is 11.3. The second kappa shape index (κ2) is 6.29. The zero-order chi connectivity index (χ0) is 13.8. The Morgan fingerprint density at radius 2 is 2.06 bits per heavy atom. The molecule has 0 aliphatic carbocycles. The Balaban J connectivity index is 2.59. The SMILES string of the molecule is CCNC(C)CCc1nc(C(C)S(C)(=O)=O)no1. The molecule has 0 amide bonds. The van der Waals surface area contributed by atoms with E-state index in [-0.39, 0.29) is 5.82 Å². The Bertz CT molecular complexity index is 470. The standard InChI is InChI=1S/C11H21N3O3S/c1-5-12-8(2)6-7-10-13-11(14-17-10)9(3)18(4,15)16/h8-9,12H,5-7H2,1-4H3. The van der Waals surface area contributed by atoms with E-state index in [1.165, 1.54) is 6.26 Å². The van der Waals surface area contributed by atoms with Crippen molar-refractivity contribution in [1.29, 1.82) is 0 Å². The molecule has 1 aromatic heterocycles. The third-order valence-corrected chi connectivity index (χ3v) is 4.33. The van der Waals surface area contributed by atoms with Crippen molar-refractivity contribution >= 4 is 9.84 Å². The lowest BCUT2D eigenvalue weighted by atomic mass is 10.2. The molecule has 104 valence electrons. The first-order valence-corrected chi connectivity index (χ1v) is 8.04. The second-order valence-electron chi connectivity index (χ2n) is 4.52. The average Bonchev–Trinajstić information content (AvgIpc) is 2.73. The number of sulfone groups is 1. The van der Waals surface area contributed by atoms with E-state index < -0.39 is 15.1 Å². The van der Waals surface area contributed by atoms with Crippen LogP contribution >= 0.6 is 0 Å². The van der Waals surface area contributed by atoms with Gasteiger partial charge in [0, 0.05) is 18.7 Å². The van der Waals surface area contributed by atoms with Crippen LogP contribution in [0.25, 0.3) is 0 Å². The van der Waals surface area contributed by atoms with Crippen molar-refractivity contribution in [2.45, 2.75) is 44.9 Å². The maximum absolute atomic E-state index is 11.4. The van der Waals surface area contributed by atoms with Crippen LogP contribution in [0, 0.1) is 0 Å². The second-order valence-corrected chi connectivity index (χ2v) is 6.88. The molecule has 0 saturated carbocycles. The van der Waals surface area contributed by atoms with Gasteiger partial charge in [0.05, 0.1) is 0 Å². The summed E-state index contributed by atoms with van der Waals surface area (Å²) >= 11 is 0. The van der Waals surface area contributed by atoms with Gasteiger partial charge in [-0.05, 0) is 26.8 Å². The molecule has 0 radical (unpaired) electrons. The minimum absolute atomic E-state index is 0.239. The molecular formula is C11H21N3O3S. The van der Waals surface area contributed by atoms with Crippen LogP contribution in [-0.2, 0) is 16.3 Å². The van der Waals surface area contributed by atoms with E-state index in [2.05, 4.69) is 29.3 Å². The number of nitrogens with one attached hydrogen (secondary N) is 1. The van der Waals surface area contributed by atoms with Gasteiger partial charge in [-0.2, -0.15) is 4.98 Å². The molecule has 0 aromatic carbocycles. The summed E-state index contributed by atoms with van der Waals surface area (Å²) in [6.45, 7) is 6.61. The van der Waals surface area contributed by atoms with Crippen LogP contribution in [0.1, 0.15) is 44.2 Å². The Labute approximate surface area is 108 Å². The highest BCUT2D eigenvalue weighted by molar-refractivity contribution is 7.90. The fourth-order valence-corrected chi connectivity index (χ4v) is 2.00. The topological polar surface area (TPSA) is 85.1 Å². The van der Waals surface area contributed by atoms with Crippen LogP contribution in [0.5, 0.6) is 0 Å². The monoisotopic (exact) mass is 275 g/mol. The van der Waals surface area contributed by atoms with Crippen molar-refractivity contribution in [3.8, 4) is 0 Å². The van der Waals surface area contributed by atoms with Crippen molar-refractivity contribution in [2.24, 2.45) is 0 Å². The van der Waals surface area contributed by atoms with Gasteiger partial charge < -0.3 is 9.84 Å². The Morgan fingerprint density at radius 3 is 2.61 bits per heavy atom. The van der Waals surface area contributed by atoms with Crippen molar-refractivity contribution in [3.63, 3.8) is 0 Å². The molecule has 1 N–H and O–H groups in total. The highest BCUT2D eigenvalue weighted by Crippen LogP contribution is 2.17. The van der Waals surface area contributed by atoms with Gasteiger partial charge in [0.25, 0.3) is 0 Å². The third-order valence-electron chi connectivity index (χ3n) is 2.83. The minimum Gasteiger partial charge on any atom is -0.339 e. The van der Waals surface area contributed by atoms with Gasteiger partial charge in [0.15, 0.2) is 15.7 Å². The molecule has 0 aliphatic rings. The maximum Gasteiger partial charge on any atom is 0.226 e. The van der Waals surface area contributed by atoms with E-state index in [4.69, 9.17) is 4.52 Å². The van der Waals surface area contributed by atoms with Gasteiger partial charge in [-0.15, -0.1) is 0 Å². The van der Waals surface area contributed by atoms with Crippen LogP contribution in [0.2, 0.25) is 0 Å². The van der Waals surface area contributed by atoms with Gasteiger partial charge in [-0.1, -0.05) is 12.1 Å². The smallest absolute Gasteiger partial charge is 0.226 e. The molecule has 1 aromatic rings. The van der Waals surface area contributed by atoms with Crippen LogP contribution < -0.4 is 5.32 Å². The van der Waals surface area contributed by atoms with E-state index in [1.807, 2.05) is 0 Å². The molecular weight excluding hydrogens is 254 g/mol. The average molecular weight is 275 g/mol. The van der Waals surface area contributed by atoms with Crippen molar-refractivity contribution in [2.75, 3.05) is 12.8 Å². The zero-order valence-corrected chi connectivity index (χ0v) is 12.1. The molecule has 0 fully saturated rings. The summed E-state index contributed by atoms with van der Waals surface area (Å²) in [5, 5.41) is 6.28. The highest BCUT2D eigenvalue weighted by Gasteiger charge is 2.23. The number of aryl methyl sites for hydroxylation is 1. The first-order chi connectivity index (χ1) is 8.34. The summed E-state index contributed by atoms with van der Waals surface area (Å²) in [6, 6.07) is 0.373. The summed E-state index contributed by atoms with van der Waals surface area (Å²) in [4.78, 5) is 4.12. The lowest BCUT2D eigenvalue weighted by molar-refractivity contribution is 0.363. The number of hydrogen-bond donors (Lipinski definition) is 1. The van der Waals surface area contributed by atoms with E-state index in [0.717, 1.165) is 13.0 Å². The molecule has 1 heterocycles. The fraction of sp³-hybridized carbons (Fsp3) is 0.818. The summed E-state index contributed by atoms with van der Waals surface area (Å²) < 4.78 is 27.8. The number of hydrogen-bond acceptors (Lipinski definition) is 6. The van der Waals surface area contributed by atoms with Crippen LogP contribution in [0.3, 0.4) is 0 Å². The molecule has 0 bridgehead atoms. The third kappa shape index (κ3) is 4.38. The molecule has 1 rings (SSSR count). The fourth-order valence-electron chi connectivity index (χ4n) is 1.52. The molecule has 6 nitrogen and oxygen atoms in total. The quantitative estimate of drug-likeness (QED) is 0.802. The first kappa shape index (κ1) is 15.1. The van der Waals surface area contributed by atoms with Gasteiger partial charge in [-0.25, -0.2) is 8.42 Å². The minimum atomic E-state index is -3.18. The lowest BCUT2D eigenvalue weighted by Gasteiger charge is -2.09. The molecule has 2 unspecified atom stereocenters. The van der Waals surface area contributed by atoms with Gasteiger partial charge >= 0.3 is 0 Å². The molecule has 0 saturated heterocycles. The Kier molecular flexibility index (Phi) is 5.28. The van der Waals surface area contributed by atoms with Crippen LogP contribution in [-0.4, -0.2) is 37.4 Å². The largest absolute Gasteiger partial charge is 0.339 e. The summed E-state index contributed by atoms with van der Waals surface area (Å²) in [6.07, 6.45) is 2.70.